The Morgan fingerprint density at radius 1 is 1.25 bits per heavy atom. The van der Waals surface area contributed by atoms with Crippen molar-refractivity contribution in [1.29, 1.82) is 0 Å². The smallest absolute Gasteiger partial charge is 0.240 e. The average molecular weight is 303 g/mol. The maximum absolute atomic E-state index is 12.2. The van der Waals surface area contributed by atoms with Crippen LogP contribution >= 0.6 is 0 Å². The number of methoxy groups -OCH3 is 2. The Hall–Kier alpha value is -1.31. The minimum atomic E-state index is -3.64. The third-order valence-corrected chi connectivity index (χ3v) is 4.43. The van der Waals surface area contributed by atoms with Gasteiger partial charge < -0.3 is 14.6 Å². The molecular weight excluding hydrogens is 282 g/mol. The molecule has 0 heterocycles. The Kier molecular flexibility index (Phi) is 5.79. The lowest BCUT2D eigenvalue weighted by atomic mass is 10.2. The first-order valence-electron chi connectivity index (χ1n) is 6.22. The molecule has 0 aromatic heterocycles. The van der Waals surface area contributed by atoms with Crippen molar-refractivity contribution in [3.8, 4) is 11.5 Å². The molecule has 2 N–H and O–H groups in total. The predicted octanol–water partition coefficient (Wildman–Crippen LogP) is 1.06. The van der Waals surface area contributed by atoms with Gasteiger partial charge in [-0.25, -0.2) is 13.1 Å². The molecule has 0 fully saturated rings. The van der Waals surface area contributed by atoms with Crippen molar-refractivity contribution in [2.45, 2.75) is 31.3 Å². The molecule has 1 aromatic rings. The number of hydrogen-bond acceptors (Lipinski definition) is 5. The van der Waals surface area contributed by atoms with Gasteiger partial charge in [0.25, 0.3) is 0 Å². The molecule has 1 unspecified atom stereocenters. The maximum Gasteiger partial charge on any atom is 0.240 e. The lowest BCUT2D eigenvalue weighted by Gasteiger charge is -2.14. The van der Waals surface area contributed by atoms with Gasteiger partial charge in [0.15, 0.2) is 11.5 Å². The van der Waals surface area contributed by atoms with Gasteiger partial charge in [0.05, 0.1) is 25.2 Å². The van der Waals surface area contributed by atoms with Gasteiger partial charge in [-0.15, -0.1) is 0 Å². The summed E-state index contributed by atoms with van der Waals surface area (Å²) >= 11 is 0. The number of rotatable bonds is 7. The summed E-state index contributed by atoms with van der Waals surface area (Å²) in [5, 5.41) is 9.15. The fourth-order valence-corrected chi connectivity index (χ4v) is 3.02. The highest BCUT2D eigenvalue weighted by Gasteiger charge is 2.20. The van der Waals surface area contributed by atoms with Crippen molar-refractivity contribution in [2.24, 2.45) is 0 Å². The van der Waals surface area contributed by atoms with Crippen LogP contribution in [-0.2, 0) is 10.0 Å². The van der Waals surface area contributed by atoms with Gasteiger partial charge in [-0.3, -0.25) is 0 Å². The summed E-state index contributed by atoms with van der Waals surface area (Å²) in [7, 11) is -0.700. The number of aliphatic hydroxyl groups is 1. The molecule has 114 valence electrons. The van der Waals surface area contributed by atoms with E-state index in [1.807, 2.05) is 0 Å². The number of ether oxygens (including phenoxy) is 2. The molecule has 0 aliphatic carbocycles. The number of nitrogens with one attached hydrogen (secondary N) is 1. The van der Waals surface area contributed by atoms with Crippen LogP contribution in [0.5, 0.6) is 11.5 Å². The molecule has 0 amide bonds. The van der Waals surface area contributed by atoms with Gasteiger partial charge in [-0.2, -0.15) is 0 Å². The van der Waals surface area contributed by atoms with E-state index < -0.39 is 16.1 Å². The van der Waals surface area contributed by atoms with Crippen LogP contribution in [0.15, 0.2) is 17.0 Å². The molecule has 0 saturated carbocycles. The molecule has 1 atom stereocenters. The van der Waals surface area contributed by atoms with E-state index in [-0.39, 0.29) is 11.4 Å². The molecule has 7 heteroatoms. The van der Waals surface area contributed by atoms with E-state index in [0.29, 0.717) is 23.5 Å². The van der Waals surface area contributed by atoms with Gasteiger partial charge in [0.2, 0.25) is 10.0 Å². The molecule has 1 rings (SSSR count). The first-order valence-corrected chi connectivity index (χ1v) is 7.70. The largest absolute Gasteiger partial charge is 0.493 e. The molecule has 0 spiro atoms. The van der Waals surface area contributed by atoms with Crippen molar-refractivity contribution in [2.75, 3.05) is 20.8 Å². The van der Waals surface area contributed by atoms with E-state index in [9.17, 15) is 8.42 Å². The SMILES string of the molecule is COc1cc(C)c(S(=O)(=O)NCCC(C)O)cc1OC. The summed E-state index contributed by atoms with van der Waals surface area (Å²) in [6.45, 7) is 3.47. The number of hydrogen-bond donors (Lipinski definition) is 2. The minimum Gasteiger partial charge on any atom is -0.493 e. The van der Waals surface area contributed by atoms with Crippen LogP contribution in [0.2, 0.25) is 0 Å². The zero-order valence-corrected chi connectivity index (χ0v) is 13.0. The molecule has 6 nitrogen and oxygen atoms in total. The number of aliphatic hydroxyl groups excluding tert-OH is 1. The van der Waals surface area contributed by atoms with E-state index in [0.717, 1.165) is 0 Å². The van der Waals surface area contributed by atoms with Crippen LogP contribution in [0.4, 0.5) is 0 Å². The first-order chi connectivity index (χ1) is 9.31. The van der Waals surface area contributed by atoms with E-state index in [4.69, 9.17) is 14.6 Å². The molecule has 20 heavy (non-hydrogen) atoms. The molecule has 1 aromatic carbocycles. The van der Waals surface area contributed by atoms with Gasteiger partial charge in [-0.1, -0.05) is 0 Å². The van der Waals surface area contributed by atoms with Crippen molar-refractivity contribution >= 4 is 10.0 Å². The minimum absolute atomic E-state index is 0.140. The monoisotopic (exact) mass is 303 g/mol. The highest BCUT2D eigenvalue weighted by Crippen LogP contribution is 2.32. The molecular formula is C13H21NO5S. The second-order valence-electron chi connectivity index (χ2n) is 4.51. The lowest BCUT2D eigenvalue weighted by molar-refractivity contribution is 0.186. The molecule has 0 aliphatic rings. The fourth-order valence-electron chi connectivity index (χ4n) is 1.73. The molecule has 0 bridgehead atoms. The number of aryl methyl sites for hydroxylation is 1. The zero-order valence-electron chi connectivity index (χ0n) is 12.1. The standard InChI is InChI=1S/C13H21NO5S/c1-9-7-11(18-3)12(19-4)8-13(9)20(16,17)14-6-5-10(2)15/h7-8,10,14-15H,5-6H2,1-4H3. The number of benzene rings is 1. The van der Waals surface area contributed by atoms with Crippen molar-refractivity contribution < 1.29 is 23.0 Å². The lowest BCUT2D eigenvalue weighted by Crippen LogP contribution is -2.27. The van der Waals surface area contributed by atoms with E-state index in [1.54, 1.807) is 19.9 Å². The topological polar surface area (TPSA) is 84.9 Å². The zero-order chi connectivity index (χ0) is 15.3. The molecule has 0 aliphatic heterocycles. The Bertz CT molecular complexity index is 554. The molecule has 0 radical (unpaired) electrons. The van der Waals surface area contributed by atoms with E-state index in [1.165, 1.54) is 20.3 Å². The van der Waals surface area contributed by atoms with Gasteiger partial charge in [0.1, 0.15) is 0 Å². The predicted molar refractivity (Wildman–Crippen MR) is 75.8 cm³/mol. The molecule has 0 saturated heterocycles. The quantitative estimate of drug-likeness (QED) is 0.787. The normalized spacial score (nSPS) is 13.1. The highest BCUT2D eigenvalue weighted by atomic mass is 32.2. The highest BCUT2D eigenvalue weighted by molar-refractivity contribution is 7.89. The van der Waals surface area contributed by atoms with Gasteiger partial charge in [0, 0.05) is 12.6 Å². The van der Waals surface area contributed by atoms with Crippen LogP contribution in [0.25, 0.3) is 0 Å². The average Bonchev–Trinajstić information content (AvgIpc) is 2.37. The fraction of sp³-hybridized carbons (Fsp3) is 0.538. The first kappa shape index (κ1) is 16.7. The van der Waals surface area contributed by atoms with Crippen LogP contribution in [0, 0.1) is 6.92 Å². The maximum atomic E-state index is 12.2. The van der Waals surface area contributed by atoms with Crippen LogP contribution in [-0.4, -0.2) is 40.4 Å². The van der Waals surface area contributed by atoms with Crippen LogP contribution in [0.3, 0.4) is 0 Å². The van der Waals surface area contributed by atoms with Crippen molar-refractivity contribution in [3.63, 3.8) is 0 Å². The second kappa shape index (κ2) is 6.92. The van der Waals surface area contributed by atoms with Crippen molar-refractivity contribution in [1.82, 2.24) is 4.72 Å². The second-order valence-corrected chi connectivity index (χ2v) is 6.24. The Morgan fingerprint density at radius 3 is 2.30 bits per heavy atom. The summed E-state index contributed by atoms with van der Waals surface area (Å²) < 4.78 is 37.1. The third-order valence-electron chi connectivity index (χ3n) is 2.82. The number of sulfonamides is 1. The Balaban J connectivity index is 3.05. The van der Waals surface area contributed by atoms with Gasteiger partial charge >= 0.3 is 0 Å². The van der Waals surface area contributed by atoms with Gasteiger partial charge in [-0.05, 0) is 31.9 Å². The van der Waals surface area contributed by atoms with E-state index >= 15 is 0 Å². The van der Waals surface area contributed by atoms with E-state index in [2.05, 4.69) is 4.72 Å². The van der Waals surface area contributed by atoms with Crippen LogP contribution in [0.1, 0.15) is 18.9 Å². The summed E-state index contributed by atoms with van der Waals surface area (Å²) in [4.78, 5) is 0.140. The Morgan fingerprint density at radius 2 is 1.80 bits per heavy atom. The third kappa shape index (κ3) is 4.09. The Labute approximate surface area is 119 Å². The van der Waals surface area contributed by atoms with Crippen LogP contribution < -0.4 is 14.2 Å². The summed E-state index contributed by atoms with van der Waals surface area (Å²) in [5.41, 5.74) is 0.562. The summed E-state index contributed by atoms with van der Waals surface area (Å²) in [6, 6.07) is 3.04. The van der Waals surface area contributed by atoms with Crippen molar-refractivity contribution in [3.05, 3.63) is 17.7 Å². The summed E-state index contributed by atoms with van der Waals surface area (Å²) in [6.07, 6.45) is -0.199. The summed E-state index contributed by atoms with van der Waals surface area (Å²) in [5.74, 6) is 0.835.